The maximum atomic E-state index is 13.5. The van der Waals surface area contributed by atoms with Crippen molar-refractivity contribution in [3.63, 3.8) is 0 Å². The Morgan fingerprint density at radius 2 is 1.92 bits per heavy atom. The van der Waals surface area contributed by atoms with Crippen LogP contribution in [0.1, 0.15) is 60.7 Å². The Hall–Kier alpha value is -4.14. The number of carbonyl (C=O) groups is 3. The number of fused-ring (bicyclic) bond motifs is 1. The van der Waals surface area contributed by atoms with Crippen molar-refractivity contribution in [3.05, 3.63) is 46.5 Å². The quantitative estimate of drug-likeness (QED) is 0.574. The number of esters is 1. The van der Waals surface area contributed by atoms with Crippen molar-refractivity contribution in [1.29, 1.82) is 5.26 Å². The van der Waals surface area contributed by atoms with Crippen molar-refractivity contribution in [1.82, 2.24) is 9.88 Å². The van der Waals surface area contributed by atoms with Gasteiger partial charge in [-0.25, -0.2) is 4.98 Å². The third-order valence-electron chi connectivity index (χ3n) is 5.44. The first-order valence-electron chi connectivity index (χ1n) is 10.9. The summed E-state index contributed by atoms with van der Waals surface area (Å²) < 4.78 is 45.6. The predicted octanol–water partition coefficient (Wildman–Crippen LogP) is 3.15. The molecule has 2 amide bonds. The number of halogens is 3. The average Bonchev–Trinajstić information content (AvgIpc) is 3.06. The monoisotopic (exact) mass is 503 g/mol. The Balaban J connectivity index is 1.89. The van der Waals surface area contributed by atoms with Crippen molar-refractivity contribution in [3.8, 4) is 17.3 Å². The highest BCUT2D eigenvalue weighted by Gasteiger charge is 2.37. The Morgan fingerprint density at radius 1 is 1.25 bits per heavy atom. The SMILES string of the molecule is CC(C)(C)OC(=O)CC[C@@H](C(N)=O)N1Cc2cc(-c3cc(C(F)(F)F)c(C#N)c(N)n3)ccc2C1=O. The second-order valence-corrected chi connectivity index (χ2v) is 9.27. The summed E-state index contributed by atoms with van der Waals surface area (Å²) >= 11 is 0. The summed E-state index contributed by atoms with van der Waals surface area (Å²) in [5, 5.41) is 9.06. The molecule has 0 spiro atoms. The number of ether oxygens (including phenoxy) is 1. The van der Waals surface area contributed by atoms with E-state index in [4.69, 9.17) is 21.5 Å². The van der Waals surface area contributed by atoms with Crippen LogP contribution < -0.4 is 11.5 Å². The van der Waals surface area contributed by atoms with E-state index in [2.05, 4.69) is 4.98 Å². The fourth-order valence-corrected chi connectivity index (χ4v) is 3.91. The summed E-state index contributed by atoms with van der Waals surface area (Å²) in [6.45, 7) is 5.04. The van der Waals surface area contributed by atoms with Crippen LogP contribution in [0.15, 0.2) is 24.3 Å². The third-order valence-corrected chi connectivity index (χ3v) is 5.44. The number of anilines is 1. The van der Waals surface area contributed by atoms with E-state index in [0.29, 0.717) is 5.56 Å². The smallest absolute Gasteiger partial charge is 0.417 e. The Labute approximate surface area is 204 Å². The van der Waals surface area contributed by atoms with E-state index in [0.717, 1.165) is 6.07 Å². The minimum atomic E-state index is -4.83. The van der Waals surface area contributed by atoms with E-state index in [1.165, 1.54) is 29.2 Å². The van der Waals surface area contributed by atoms with E-state index >= 15 is 0 Å². The van der Waals surface area contributed by atoms with Crippen LogP contribution in [0.5, 0.6) is 0 Å². The van der Waals surface area contributed by atoms with Crippen LogP contribution in [0.25, 0.3) is 11.3 Å². The number of nitrogens with two attached hydrogens (primary N) is 2. The van der Waals surface area contributed by atoms with Gasteiger partial charge in [-0.3, -0.25) is 14.4 Å². The van der Waals surface area contributed by atoms with Gasteiger partial charge in [-0.2, -0.15) is 18.4 Å². The summed E-state index contributed by atoms with van der Waals surface area (Å²) in [6.07, 6.45) is -5.03. The van der Waals surface area contributed by atoms with Crippen LogP contribution in [-0.2, 0) is 27.0 Å². The number of benzene rings is 1. The molecule has 0 saturated heterocycles. The molecule has 1 aromatic heterocycles. The molecule has 0 radical (unpaired) electrons. The van der Waals surface area contributed by atoms with Gasteiger partial charge < -0.3 is 21.1 Å². The zero-order valence-electron chi connectivity index (χ0n) is 19.8. The van der Waals surface area contributed by atoms with Crippen LogP contribution in [0.2, 0.25) is 0 Å². The Bertz CT molecular complexity index is 1280. The molecule has 2 aromatic rings. The number of hydrogen-bond donors (Lipinski definition) is 2. The highest BCUT2D eigenvalue weighted by molar-refractivity contribution is 6.01. The molecule has 1 aliphatic heterocycles. The van der Waals surface area contributed by atoms with E-state index in [1.807, 2.05) is 0 Å². The van der Waals surface area contributed by atoms with E-state index in [-0.39, 0.29) is 36.2 Å². The topological polar surface area (TPSA) is 152 Å². The summed E-state index contributed by atoms with van der Waals surface area (Å²) in [4.78, 5) is 42.3. The lowest BCUT2D eigenvalue weighted by Crippen LogP contribution is -2.45. The lowest BCUT2D eigenvalue weighted by Gasteiger charge is -2.25. The van der Waals surface area contributed by atoms with Crippen LogP contribution in [0, 0.1) is 11.3 Å². The maximum Gasteiger partial charge on any atom is 0.417 e. The van der Waals surface area contributed by atoms with Gasteiger partial charge in [0, 0.05) is 24.1 Å². The molecule has 0 aliphatic carbocycles. The van der Waals surface area contributed by atoms with Gasteiger partial charge in [0.2, 0.25) is 5.91 Å². The normalized spacial score (nSPS) is 14.2. The van der Waals surface area contributed by atoms with Crippen molar-refractivity contribution >= 4 is 23.6 Å². The Kier molecular flexibility index (Phi) is 6.97. The zero-order chi connectivity index (χ0) is 27.0. The van der Waals surface area contributed by atoms with E-state index < -0.39 is 52.5 Å². The molecular formula is C24H24F3N5O4. The number of amides is 2. The van der Waals surface area contributed by atoms with Gasteiger partial charge in [0.05, 0.1) is 11.3 Å². The van der Waals surface area contributed by atoms with E-state index in [9.17, 15) is 27.6 Å². The summed E-state index contributed by atoms with van der Waals surface area (Å²) in [6, 6.07) is 5.31. The van der Waals surface area contributed by atoms with E-state index in [1.54, 1.807) is 20.8 Å². The molecule has 1 aromatic carbocycles. The predicted molar refractivity (Wildman–Crippen MR) is 122 cm³/mol. The first-order chi connectivity index (χ1) is 16.6. The number of aromatic nitrogens is 1. The van der Waals surface area contributed by atoms with Crippen LogP contribution in [-0.4, -0.2) is 39.3 Å². The summed E-state index contributed by atoms with van der Waals surface area (Å²) in [5.41, 5.74) is 9.16. The van der Waals surface area contributed by atoms with Gasteiger partial charge in [0.15, 0.2) is 0 Å². The molecule has 9 nitrogen and oxygen atoms in total. The number of primary amides is 1. The number of nitrogens with zero attached hydrogens (tertiary/aromatic N) is 3. The number of rotatable bonds is 6. The molecule has 4 N–H and O–H groups in total. The van der Waals surface area contributed by atoms with Gasteiger partial charge in [-0.05, 0) is 51.0 Å². The van der Waals surface area contributed by atoms with Gasteiger partial charge in [-0.15, -0.1) is 0 Å². The molecule has 36 heavy (non-hydrogen) atoms. The molecule has 1 atom stereocenters. The first-order valence-corrected chi connectivity index (χ1v) is 10.9. The zero-order valence-corrected chi connectivity index (χ0v) is 19.8. The minimum Gasteiger partial charge on any atom is -0.460 e. The molecule has 190 valence electrons. The fraction of sp³-hybridized carbons (Fsp3) is 0.375. The highest BCUT2D eigenvalue weighted by atomic mass is 19.4. The second-order valence-electron chi connectivity index (χ2n) is 9.27. The van der Waals surface area contributed by atoms with Crippen molar-refractivity contribution in [2.75, 3.05) is 5.73 Å². The highest BCUT2D eigenvalue weighted by Crippen LogP contribution is 2.37. The number of nitriles is 1. The molecule has 12 heteroatoms. The lowest BCUT2D eigenvalue weighted by molar-refractivity contribution is -0.155. The minimum absolute atomic E-state index is 0.0537. The van der Waals surface area contributed by atoms with Crippen LogP contribution in [0.4, 0.5) is 19.0 Å². The van der Waals surface area contributed by atoms with Gasteiger partial charge >= 0.3 is 12.1 Å². The number of nitrogen functional groups attached to an aromatic ring is 1. The largest absolute Gasteiger partial charge is 0.460 e. The molecule has 0 bridgehead atoms. The molecule has 0 saturated carbocycles. The number of pyridine rings is 1. The number of hydrogen-bond acceptors (Lipinski definition) is 7. The molecule has 0 fully saturated rings. The second kappa shape index (κ2) is 9.49. The van der Waals surface area contributed by atoms with Crippen LogP contribution >= 0.6 is 0 Å². The molecule has 3 rings (SSSR count). The average molecular weight is 503 g/mol. The standard InChI is InChI=1S/C24H24F3N5O4/c1-23(2,3)36-19(33)7-6-18(21(30)34)32-11-13-8-12(4-5-14(13)22(32)35)17-9-16(24(25,26)27)15(10-28)20(29)31-17/h4-5,8-9,18H,6-7,11H2,1-3H3,(H2,29,31)(H2,30,34)/t18-/m0/s1. The molecular weight excluding hydrogens is 479 g/mol. The lowest BCUT2D eigenvalue weighted by atomic mass is 10.0. The molecule has 2 heterocycles. The van der Waals surface area contributed by atoms with Gasteiger partial charge in [0.1, 0.15) is 29.1 Å². The summed E-state index contributed by atoms with van der Waals surface area (Å²) in [7, 11) is 0. The Morgan fingerprint density at radius 3 is 2.47 bits per heavy atom. The van der Waals surface area contributed by atoms with Crippen molar-refractivity contribution < 1.29 is 32.3 Å². The van der Waals surface area contributed by atoms with Crippen LogP contribution in [0.3, 0.4) is 0 Å². The van der Waals surface area contributed by atoms with Crippen molar-refractivity contribution in [2.24, 2.45) is 5.73 Å². The van der Waals surface area contributed by atoms with Gasteiger partial charge in [0.25, 0.3) is 5.91 Å². The molecule has 0 unspecified atom stereocenters. The summed E-state index contributed by atoms with van der Waals surface area (Å²) in [5.74, 6) is -2.44. The third kappa shape index (κ3) is 5.56. The number of alkyl halides is 3. The molecule has 1 aliphatic rings. The maximum absolute atomic E-state index is 13.5. The first kappa shape index (κ1) is 26.5. The van der Waals surface area contributed by atoms with Gasteiger partial charge in [-0.1, -0.05) is 6.07 Å². The van der Waals surface area contributed by atoms with Crippen molar-refractivity contribution in [2.45, 2.75) is 58.0 Å². The fourth-order valence-electron chi connectivity index (χ4n) is 3.91. The number of carbonyl (C=O) groups excluding carboxylic acids is 3.